The largest absolute Gasteiger partial charge is 0.301 e. The molecule has 2 rings (SSSR count). The minimum atomic E-state index is 0.648. The van der Waals surface area contributed by atoms with E-state index < -0.39 is 0 Å². The fraction of sp³-hybridized carbons (Fsp3) is 0.500. The Morgan fingerprint density at radius 2 is 2.00 bits per heavy atom. The molecule has 0 saturated carbocycles. The van der Waals surface area contributed by atoms with Gasteiger partial charge in [0.1, 0.15) is 0 Å². The van der Waals surface area contributed by atoms with Crippen molar-refractivity contribution in [2.45, 2.75) is 18.2 Å². The fourth-order valence-electron chi connectivity index (χ4n) is 1.92. The molecule has 0 N–H and O–H groups in total. The second-order valence-electron chi connectivity index (χ2n) is 3.92. The Hall–Kier alpha value is -0.470. The van der Waals surface area contributed by atoms with Crippen molar-refractivity contribution in [2.24, 2.45) is 0 Å². The first-order chi connectivity index (χ1) is 6.79. The van der Waals surface area contributed by atoms with Crippen molar-refractivity contribution in [2.75, 3.05) is 19.3 Å². The zero-order chi connectivity index (χ0) is 9.97. The van der Waals surface area contributed by atoms with E-state index in [4.69, 9.17) is 0 Å². The average molecular weight is 207 g/mol. The van der Waals surface area contributed by atoms with Crippen LogP contribution in [0, 0.1) is 0 Å². The molecule has 0 unspecified atom stereocenters. The van der Waals surface area contributed by atoms with Gasteiger partial charge in [-0.3, -0.25) is 0 Å². The molecule has 1 fully saturated rings. The molecule has 0 amide bonds. The van der Waals surface area contributed by atoms with Gasteiger partial charge in [-0.25, -0.2) is 0 Å². The number of hydrogen-bond acceptors (Lipinski definition) is 2. The molecule has 0 spiro atoms. The molecule has 0 bridgehead atoms. The van der Waals surface area contributed by atoms with Gasteiger partial charge in [0.05, 0.1) is 0 Å². The van der Waals surface area contributed by atoms with E-state index in [1.165, 1.54) is 17.9 Å². The van der Waals surface area contributed by atoms with E-state index in [-0.39, 0.29) is 0 Å². The van der Waals surface area contributed by atoms with Crippen molar-refractivity contribution in [3.63, 3.8) is 0 Å². The van der Waals surface area contributed by atoms with Gasteiger partial charge in [-0.2, -0.15) is 11.8 Å². The molecule has 2 atom stereocenters. The topological polar surface area (TPSA) is 3.24 Å². The standard InChI is InChI=1S/C12H17NS/c1-10-12(14-9-8-13(10)2)11-6-4-3-5-7-11/h3-7,10,12H,8-9H2,1-2H3/t10-,12-/m0/s1. The van der Waals surface area contributed by atoms with Crippen molar-refractivity contribution in [1.29, 1.82) is 0 Å². The Morgan fingerprint density at radius 3 is 2.71 bits per heavy atom. The van der Waals surface area contributed by atoms with E-state index in [2.05, 4.69) is 61.0 Å². The van der Waals surface area contributed by atoms with Crippen LogP contribution in [-0.2, 0) is 0 Å². The molecule has 1 aromatic rings. The van der Waals surface area contributed by atoms with Gasteiger partial charge in [-0.15, -0.1) is 0 Å². The summed E-state index contributed by atoms with van der Waals surface area (Å²) in [4.78, 5) is 2.45. The number of nitrogens with zero attached hydrogens (tertiary/aromatic N) is 1. The minimum absolute atomic E-state index is 0.648. The van der Waals surface area contributed by atoms with Crippen molar-refractivity contribution in [3.05, 3.63) is 35.9 Å². The minimum Gasteiger partial charge on any atom is -0.301 e. The van der Waals surface area contributed by atoms with Crippen molar-refractivity contribution >= 4 is 11.8 Å². The third-order valence-electron chi connectivity index (χ3n) is 3.00. The van der Waals surface area contributed by atoms with Crippen LogP contribution in [0.2, 0.25) is 0 Å². The second-order valence-corrected chi connectivity index (χ2v) is 5.17. The van der Waals surface area contributed by atoms with Gasteiger partial charge >= 0.3 is 0 Å². The van der Waals surface area contributed by atoms with Gasteiger partial charge in [0.15, 0.2) is 0 Å². The van der Waals surface area contributed by atoms with Crippen LogP contribution in [0.1, 0.15) is 17.7 Å². The zero-order valence-electron chi connectivity index (χ0n) is 8.81. The predicted octanol–water partition coefficient (Wildman–Crippen LogP) is 2.79. The fourth-order valence-corrected chi connectivity index (χ4v) is 3.40. The third kappa shape index (κ3) is 1.96. The van der Waals surface area contributed by atoms with Crippen LogP contribution >= 0.6 is 11.8 Å². The number of rotatable bonds is 1. The highest BCUT2D eigenvalue weighted by Gasteiger charge is 2.26. The monoisotopic (exact) mass is 207 g/mol. The highest BCUT2D eigenvalue weighted by Crippen LogP contribution is 2.37. The van der Waals surface area contributed by atoms with Gasteiger partial charge in [0.2, 0.25) is 0 Å². The number of thioether (sulfide) groups is 1. The Morgan fingerprint density at radius 1 is 1.29 bits per heavy atom. The molecular formula is C12H17NS. The molecule has 0 radical (unpaired) electrons. The molecular weight excluding hydrogens is 190 g/mol. The maximum absolute atomic E-state index is 2.45. The molecule has 0 aromatic heterocycles. The summed E-state index contributed by atoms with van der Waals surface area (Å²) in [5.74, 6) is 1.25. The first-order valence-electron chi connectivity index (χ1n) is 5.16. The molecule has 1 nitrogen and oxygen atoms in total. The normalized spacial score (nSPS) is 29.0. The van der Waals surface area contributed by atoms with Crippen LogP contribution in [0.4, 0.5) is 0 Å². The van der Waals surface area contributed by atoms with Gasteiger partial charge < -0.3 is 4.90 Å². The number of likely N-dealkylation sites (N-methyl/N-ethyl adjacent to an activating group) is 1. The molecule has 1 saturated heterocycles. The van der Waals surface area contributed by atoms with Crippen LogP contribution in [0.25, 0.3) is 0 Å². The quantitative estimate of drug-likeness (QED) is 0.696. The van der Waals surface area contributed by atoms with Crippen molar-refractivity contribution < 1.29 is 0 Å². The van der Waals surface area contributed by atoms with Crippen LogP contribution in [-0.4, -0.2) is 30.3 Å². The summed E-state index contributed by atoms with van der Waals surface area (Å²) in [6, 6.07) is 11.5. The Bertz CT molecular complexity index is 286. The molecule has 1 heterocycles. The van der Waals surface area contributed by atoms with Crippen LogP contribution in [0.5, 0.6) is 0 Å². The van der Waals surface area contributed by atoms with E-state index in [0.29, 0.717) is 11.3 Å². The lowest BCUT2D eigenvalue weighted by molar-refractivity contribution is 0.259. The lowest BCUT2D eigenvalue weighted by Gasteiger charge is -2.36. The molecule has 0 aliphatic carbocycles. The van der Waals surface area contributed by atoms with Crippen LogP contribution in [0.3, 0.4) is 0 Å². The van der Waals surface area contributed by atoms with Gasteiger partial charge in [-0.1, -0.05) is 30.3 Å². The Labute approximate surface area is 90.5 Å². The maximum Gasteiger partial charge on any atom is 0.0450 e. The summed E-state index contributed by atoms with van der Waals surface area (Å²) in [7, 11) is 2.22. The summed E-state index contributed by atoms with van der Waals surface area (Å²) in [6.45, 7) is 3.54. The third-order valence-corrected chi connectivity index (χ3v) is 4.45. The maximum atomic E-state index is 2.45. The van der Waals surface area contributed by atoms with E-state index >= 15 is 0 Å². The Balaban J connectivity index is 2.17. The first kappa shape index (κ1) is 10.1. The number of hydrogen-bond donors (Lipinski definition) is 0. The van der Waals surface area contributed by atoms with E-state index in [9.17, 15) is 0 Å². The van der Waals surface area contributed by atoms with Gasteiger partial charge in [0, 0.05) is 23.6 Å². The average Bonchev–Trinajstić information content (AvgIpc) is 2.23. The summed E-state index contributed by atoms with van der Waals surface area (Å²) < 4.78 is 0. The van der Waals surface area contributed by atoms with Crippen molar-refractivity contribution in [1.82, 2.24) is 4.90 Å². The van der Waals surface area contributed by atoms with Crippen LogP contribution in [0.15, 0.2) is 30.3 Å². The second kappa shape index (κ2) is 4.37. The van der Waals surface area contributed by atoms with E-state index in [1.807, 2.05) is 0 Å². The summed E-state index contributed by atoms with van der Waals surface area (Å²) in [5, 5.41) is 0.648. The van der Waals surface area contributed by atoms with E-state index in [1.54, 1.807) is 0 Å². The van der Waals surface area contributed by atoms with Crippen LogP contribution < -0.4 is 0 Å². The number of benzene rings is 1. The lowest BCUT2D eigenvalue weighted by Crippen LogP contribution is -2.38. The van der Waals surface area contributed by atoms with E-state index in [0.717, 1.165) is 0 Å². The summed E-state index contributed by atoms with van der Waals surface area (Å²) >= 11 is 2.09. The summed E-state index contributed by atoms with van der Waals surface area (Å²) in [5.41, 5.74) is 1.47. The molecule has 1 aliphatic heterocycles. The molecule has 76 valence electrons. The highest BCUT2D eigenvalue weighted by atomic mass is 32.2. The predicted molar refractivity (Wildman–Crippen MR) is 63.7 cm³/mol. The summed E-state index contributed by atoms with van der Waals surface area (Å²) in [6.07, 6.45) is 0. The van der Waals surface area contributed by atoms with Gasteiger partial charge in [0.25, 0.3) is 0 Å². The zero-order valence-corrected chi connectivity index (χ0v) is 9.63. The molecule has 1 aromatic carbocycles. The smallest absolute Gasteiger partial charge is 0.0450 e. The molecule has 14 heavy (non-hydrogen) atoms. The first-order valence-corrected chi connectivity index (χ1v) is 6.20. The SMILES string of the molecule is C[C@H]1[C@@H](c2ccccc2)SCCN1C. The van der Waals surface area contributed by atoms with Crippen molar-refractivity contribution in [3.8, 4) is 0 Å². The Kier molecular flexibility index (Phi) is 3.14. The van der Waals surface area contributed by atoms with Gasteiger partial charge in [-0.05, 0) is 19.5 Å². The molecule has 1 aliphatic rings. The highest BCUT2D eigenvalue weighted by molar-refractivity contribution is 7.99. The molecule has 2 heteroatoms. The lowest BCUT2D eigenvalue weighted by atomic mass is 10.1.